The summed E-state index contributed by atoms with van der Waals surface area (Å²) in [7, 11) is 0. The lowest BCUT2D eigenvalue weighted by atomic mass is 9.53. The number of nitrogens with zero attached hydrogens (tertiary/aromatic N) is 4. The topological polar surface area (TPSA) is 42.6 Å². The summed E-state index contributed by atoms with van der Waals surface area (Å²) >= 11 is 6.47. The fraction of sp³-hybridized carbons (Fsp3) is 0.700. The lowest BCUT2D eigenvalue weighted by molar-refractivity contribution is 0.00113. The zero-order valence-electron chi connectivity index (χ0n) is 20.9. The normalized spacial score (nSPS) is 39.1. The van der Waals surface area contributed by atoms with Gasteiger partial charge in [-0.1, -0.05) is 31.5 Å². The smallest absolute Gasteiger partial charge is 0.127 e. The largest absolute Gasteiger partial charge is 0.293 e. The number of nitriles is 1. The van der Waals surface area contributed by atoms with Crippen molar-refractivity contribution in [1.82, 2.24) is 4.90 Å². The molecule has 0 unspecified atom stereocenters. The SMILES string of the molecule is N#Cc1ccc(N2C(=S)C3(CCCCC3)[C@H](N3CCCC3)C2=NC23CC4CC(CC(C4)C2)C3)cc1. The second-order valence-corrected chi connectivity index (χ2v) is 13.2. The van der Waals surface area contributed by atoms with E-state index >= 15 is 0 Å². The monoisotopic (exact) mass is 486 g/mol. The van der Waals surface area contributed by atoms with Gasteiger partial charge in [-0.25, -0.2) is 0 Å². The van der Waals surface area contributed by atoms with Crippen LogP contribution < -0.4 is 4.90 Å². The molecular weight excluding hydrogens is 448 g/mol. The van der Waals surface area contributed by atoms with Crippen molar-refractivity contribution in [1.29, 1.82) is 5.26 Å². The second kappa shape index (κ2) is 8.38. The van der Waals surface area contributed by atoms with E-state index in [1.54, 1.807) is 0 Å². The van der Waals surface area contributed by atoms with Crippen molar-refractivity contribution >= 4 is 28.7 Å². The van der Waals surface area contributed by atoms with Crippen LogP contribution in [0.1, 0.15) is 89.0 Å². The highest BCUT2D eigenvalue weighted by molar-refractivity contribution is 7.80. The number of amidine groups is 1. The lowest BCUT2D eigenvalue weighted by Gasteiger charge is -2.55. The van der Waals surface area contributed by atoms with Crippen LogP contribution in [0.25, 0.3) is 0 Å². The van der Waals surface area contributed by atoms with Gasteiger partial charge >= 0.3 is 0 Å². The fourth-order valence-corrected chi connectivity index (χ4v) is 10.0. The first-order valence-corrected chi connectivity index (χ1v) is 14.7. The first-order chi connectivity index (χ1) is 17.1. The Labute approximate surface area is 215 Å². The molecule has 4 nitrogen and oxygen atoms in total. The van der Waals surface area contributed by atoms with Crippen LogP contribution >= 0.6 is 12.2 Å². The van der Waals surface area contributed by atoms with Crippen LogP contribution in [0.2, 0.25) is 0 Å². The average molecular weight is 487 g/mol. The molecule has 0 radical (unpaired) electrons. The van der Waals surface area contributed by atoms with Gasteiger partial charge in [-0.15, -0.1) is 0 Å². The summed E-state index contributed by atoms with van der Waals surface area (Å²) in [5, 5.41) is 9.40. The van der Waals surface area contributed by atoms with E-state index in [0.29, 0.717) is 11.6 Å². The van der Waals surface area contributed by atoms with Crippen LogP contribution in [0.3, 0.4) is 0 Å². The Morgan fingerprint density at radius 1 is 0.857 bits per heavy atom. The van der Waals surface area contributed by atoms with E-state index in [2.05, 4.69) is 28.0 Å². The average Bonchev–Trinajstić information content (AvgIpc) is 3.44. The summed E-state index contributed by atoms with van der Waals surface area (Å²) in [6.45, 7) is 2.35. The maximum absolute atomic E-state index is 9.40. The maximum Gasteiger partial charge on any atom is 0.127 e. The minimum atomic E-state index is 0.0347. The molecule has 0 N–H and O–H groups in total. The molecule has 35 heavy (non-hydrogen) atoms. The number of hydrogen-bond acceptors (Lipinski definition) is 4. The molecule has 1 atom stereocenters. The summed E-state index contributed by atoms with van der Waals surface area (Å²) in [5.74, 6) is 3.93. The van der Waals surface area contributed by atoms with Gasteiger partial charge in [0.05, 0.1) is 28.2 Å². The van der Waals surface area contributed by atoms with E-state index in [1.807, 2.05) is 12.1 Å². The second-order valence-electron chi connectivity index (χ2n) is 12.8. The molecule has 2 saturated heterocycles. The molecule has 0 aromatic heterocycles. The van der Waals surface area contributed by atoms with E-state index in [-0.39, 0.29) is 11.0 Å². The van der Waals surface area contributed by atoms with E-state index in [9.17, 15) is 5.26 Å². The van der Waals surface area contributed by atoms with Gasteiger partial charge in [-0.05, 0) is 119 Å². The van der Waals surface area contributed by atoms with Crippen molar-refractivity contribution in [2.24, 2.45) is 28.2 Å². The maximum atomic E-state index is 9.40. The Kier molecular flexibility index (Phi) is 5.37. The van der Waals surface area contributed by atoms with Crippen LogP contribution in [0.5, 0.6) is 0 Å². The van der Waals surface area contributed by atoms with Gasteiger partial charge in [-0.2, -0.15) is 5.26 Å². The predicted molar refractivity (Wildman–Crippen MR) is 145 cm³/mol. The van der Waals surface area contributed by atoms with Crippen LogP contribution in [0.4, 0.5) is 5.69 Å². The van der Waals surface area contributed by atoms with E-state index in [0.717, 1.165) is 28.4 Å². The number of likely N-dealkylation sites (tertiary alicyclic amines) is 1. The van der Waals surface area contributed by atoms with Crippen LogP contribution in [0, 0.1) is 34.5 Å². The molecule has 1 aromatic carbocycles. The molecule has 1 aromatic rings. The Balaban J connectivity index is 1.38. The number of thiocarbonyl (C=S) groups is 1. The third kappa shape index (κ3) is 3.54. The summed E-state index contributed by atoms with van der Waals surface area (Å²) in [4.78, 5) is 12.2. The van der Waals surface area contributed by atoms with Crippen LogP contribution in [0.15, 0.2) is 29.3 Å². The van der Waals surface area contributed by atoms with Gasteiger partial charge < -0.3 is 0 Å². The fourth-order valence-electron chi connectivity index (χ4n) is 9.49. The van der Waals surface area contributed by atoms with Crippen LogP contribution in [-0.2, 0) is 0 Å². The van der Waals surface area contributed by atoms with Gasteiger partial charge in [0.25, 0.3) is 0 Å². The summed E-state index contributed by atoms with van der Waals surface area (Å²) in [5.41, 5.74) is 1.99. The third-order valence-corrected chi connectivity index (χ3v) is 11.1. The molecule has 2 aliphatic heterocycles. The summed E-state index contributed by atoms with van der Waals surface area (Å²) in [6.07, 6.45) is 17.1. The van der Waals surface area contributed by atoms with Crippen molar-refractivity contribution in [3.8, 4) is 6.07 Å². The molecule has 8 rings (SSSR count). The van der Waals surface area contributed by atoms with Gasteiger partial charge in [-0.3, -0.25) is 14.8 Å². The molecule has 1 spiro atoms. The number of hydrogen-bond donors (Lipinski definition) is 0. The molecule has 5 heteroatoms. The Morgan fingerprint density at radius 3 is 2.03 bits per heavy atom. The number of anilines is 1. The van der Waals surface area contributed by atoms with Crippen LogP contribution in [-0.4, -0.2) is 40.4 Å². The Morgan fingerprint density at radius 2 is 1.46 bits per heavy atom. The standard InChI is InChI=1S/C30H38N4S/c31-20-21-6-8-25(9-7-21)34-27(32-29-17-22-14-23(18-29)16-24(15-22)19-29)26(33-12-4-5-13-33)30(28(34)35)10-2-1-3-11-30/h6-9,22-24,26H,1-5,10-19H2/t22?,23?,24?,26-,29?/m1/s1. The zero-order chi connectivity index (χ0) is 23.6. The van der Waals surface area contributed by atoms with Crippen molar-refractivity contribution < 1.29 is 0 Å². The molecule has 184 valence electrons. The van der Waals surface area contributed by atoms with Crippen molar-refractivity contribution in [2.75, 3.05) is 18.0 Å². The highest BCUT2D eigenvalue weighted by Crippen LogP contribution is 2.58. The van der Waals surface area contributed by atoms with Crippen molar-refractivity contribution in [3.63, 3.8) is 0 Å². The molecule has 5 saturated carbocycles. The highest BCUT2D eigenvalue weighted by atomic mass is 32.1. The lowest BCUT2D eigenvalue weighted by Crippen LogP contribution is -2.53. The number of aliphatic imine (C=N–C) groups is 1. The molecular formula is C30H38N4S. The molecule has 5 aliphatic carbocycles. The minimum absolute atomic E-state index is 0.0347. The number of rotatable bonds is 3. The predicted octanol–water partition coefficient (Wildman–Crippen LogP) is 6.49. The quantitative estimate of drug-likeness (QED) is 0.458. The zero-order valence-corrected chi connectivity index (χ0v) is 21.7. The molecule has 4 bridgehead atoms. The van der Waals surface area contributed by atoms with Gasteiger partial charge in [0.15, 0.2) is 0 Å². The molecule has 7 fully saturated rings. The van der Waals surface area contributed by atoms with Crippen molar-refractivity contribution in [3.05, 3.63) is 29.8 Å². The van der Waals surface area contributed by atoms with E-state index in [1.165, 1.54) is 102 Å². The van der Waals surface area contributed by atoms with Gasteiger partial charge in [0.1, 0.15) is 5.84 Å². The molecule has 7 aliphatic rings. The third-order valence-electron chi connectivity index (χ3n) is 10.5. The first kappa shape index (κ1) is 22.4. The van der Waals surface area contributed by atoms with Crippen molar-refractivity contribution in [2.45, 2.75) is 95.1 Å². The number of benzene rings is 1. The summed E-state index contributed by atoms with van der Waals surface area (Å²) in [6, 6.07) is 10.8. The Hall–Kier alpha value is -1.77. The Bertz CT molecular complexity index is 1040. The van der Waals surface area contributed by atoms with Gasteiger partial charge in [0, 0.05) is 11.1 Å². The highest BCUT2D eigenvalue weighted by Gasteiger charge is 2.59. The molecule has 2 heterocycles. The minimum Gasteiger partial charge on any atom is -0.293 e. The first-order valence-electron chi connectivity index (χ1n) is 14.3. The van der Waals surface area contributed by atoms with E-state index < -0.39 is 0 Å². The summed E-state index contributed by atoms with van der Waals surface area (Å²) < 4.78 is 0. The molecule has 0 amide bonds. The van der Waals surface area contributed by atoms with Gasteiger partial charge in [0.2, 0.25) is 0 Å². The van der Waals surface area contributed by atoms with E-state index in [4.69, 9.17) is 17.2 Å².